The van der Waals surface area contributed by atoms with Gasteiger partial charge in [-0.1, -0.05) is 32.0 Å². The summed E-state index contributed by atoms with van der Waals surface area (Å²) in [6.45, 7) is 8.95. The first-order valence-corrected chi connectivity index (χ1v) is 10.8. The van der Waals surface area contributed by atoms with Gasteiger partial charge in [0.1, 0.15) is 10.7 Å². The average Bonchev–Trinajstić information content (AvgIpc) is 3.05. The van der Waals surface area contributed by atoms with Gasteiger partial charge in [0.05, 0.1) is 17.6 Å². The minimum absolute atomic E-state index is 0.107. The molecule has 1 aliphatic rings. The van der Waals surface area contributed by atoms with Crippen molar-refractivity contribution >= 4 is 21.6 Å². The van der Waals surface area contributed by atoms with E-state index in [1.165, 1.54) is 23.3 Å². The van der Waals surface area contributed by atoms with Gasteiger partial charge in [-0.2, -0.15) is 0 Å². The molecule has 0 saturated carbocycles. The maximum Gasteiger partial charge on any atom is 0.267 e. The van der Waals surface area contributed by atoms with Crippen LogP contribution in [0.3, 0.4) is 0 Å². The Hall–Kier alpha value is -1.98. The van der Waals surface area contributed by atoms with Crippen LogP contribution >= 0.6 is 11.3 Å². The highest BCUT2D eigenvalue weighted by Crippen LogP contribution is 2.34. The molecule has 0 unspecified atom stereocenters. The second-order valence-corrected chi connectivity index (χ2v) is 8.39. The highest BCUT2D eigenvalue weighted by atomic mass is 32.1. The van der Waals surface area contributed by atoms with E-state index in [9.17, 15) is 4.79 Å². The number of rotatable bonds is 5. The van der Waals surface area contributed by atoms with Gasteiger partial charge in [0.15, 0.2) is 0 Å². The van der Waals surface area contributed by atoms with E-state index in [1.807, 2.05) is 22.8 Å². The SMILES string of the molecule is CCN(CC)Cc1nc2sc3c(c2c(=O)n1-c1ccccc1C)CCCC3. The first kappa shape index (κ1) is 18.4. The number of hydrogen-bond donors (Lipinski definition) is 0. The zero-order chi connectivity index (χ0) is 19.0. The molecule has 0 amide bonds. The molecule has 4 rings (SSSR count). The lowest BCUT2D eigenvalue weighted by Crippen LogP contribution is -2.30. The van der Waals surface area contributed by atoms with Crippen LogP contribution in [-0.4, -0.2) is 27.5 Å². The van der Waals surface area contributed by atoms with E-state index in [-0.39, 0.29) is 5.56 Å². The smallest absolute Gasteiger partial charge is 0.267 e. The normalized spacial score (nSPS) is 14.1. The van der Waals surface area contributed by atoms with Crippen LogP contribution in [0.1, 0.15) is 48.5 Å². The molecule has 0 saturated heterocycles. The predicted molar refractivity (Wildman–Crippen MR) is 113 cm³/mol. The molecule has 3 aromatic rings. The average molecular weight is 382 g/mol. The number of nitrogens with zero attached hydrogens (tertiary/aromatic N) is 3. The molecule has 0 spiro atoms. The number of hydrogen-bond acceptors (Lipinski definition) is 4. The lowest BCUT2D eigenvalue weighted by atomic mass is 9.97. The van der Waals surface area contributed by atoms with Gasteiger partial charge < -0.3 is 0 Å². The quantitative estimate of drug-likeness (QED) is 0.654. The van der Waals surface area contributed by atoms with E-state index in [0.29, 0.717) is 6.54 Å². The zero-order valence-corrected chi connectivity index (χ0v) is 17.2. The van der Waals surface area contributed by atoms with Crippen molar-refractivity contribution in [3.63, 3.8) is 0 Å². The summed E-state index contributed by atoms with van der Waals surface area (Å²) in [6, 6.07) is 8.13. The molecule has 1 aromatic carbocycles. The predicted octanol–water partition coefficient (Wildman–Crippen LogP) is 4.48. The van der Waals surface area contributed by atoms with E-state index in [2.05, 4.69) is 31.7 Å². The molecule has 27 heavy (non-hydrogen) atoms. The van der Waals surface area contributed by atoms with E-state index >= 15 is 0 Å². The van der Waals surface area contributed by atoms with Crippen molar-refractivity contribution in [2.75, 3.05) is 13.1 Å². The van der Waals surface area contributed by atoms with Crippen LogP contribution in [0.2, 0.25) is 0 Å². The second kappa shape index (κ2) is 7.56. The van der Waals surface area contributed by atoms with Crippen molar-refractivity contribution in [3.05, 3.63) is 56.4 Å². The van der Waals surface area contributed by atoms with Crippen molar-refractivity contribution in [1.29, 1.82) is 0 Å². The molecule has 5 heteroatoms. The third kappa shape index (κ3) is 3.23. The Labute approximate surface area is 164 Å². The highest BCUT2D eigenvalue weighted by Gasteiger charge is 2.23. The van der Waals surface area contributed by atoms with Gasteiger partial charge in [-0.05, 0) is 62.9 Å². The van der Waals surface area contributed by atoms with Gasteiger partial charge >= 0.3 is 0 Å². The summed E-state index contributed by atoms with van der Waals surface area (Å²) in [6.07, 6.45) is 4.49. The molecule has 142 valence electrons. The second-order valence-electron chi connectivity index (χ2n) is 7.31. The van der Waals surface area contributed by atoms with Crippen molar-refractivity contribution in [2.24, 2.45) is 0 Å². The van der Waals surface area contributed by atoms with Gasteiger partial charge in [0, 0.05) is 4.88 Å². The highest BCUT2D eigenvalue weighted by molar-refractivity contribution is 7.18. The Bertz CT molecular complexity index is 1030. The van der Waals surface area contributed by atoms with E-state index < -0.39 is 0 Å². The fourth-order valence-corrected chi connectivity index (χ4v) is 5.33. The first-order chi connectivity index (χ1) is 13.1. The molecule has 0 atom stereocenters. The van der Waals surface area contributed by atoms with Crippen LogP contribution in [0.15, 0.2) is 29.1 Å². The topological polar surface area (TPSA) is 38.1 Å². The molecule has 2 aromatic heterocycles. The van der Waals surface area contributed by atoms with Gasteiger partial charge in [-0.3, -0.25) is 14.3 Å². The first-order valence-electron chi connectivity index (χ1n) is 9.98. The minimum Gasteiger partial charge on any atom is -0.297 e. The third-order valence-electron chi connectivity index (χ3n) is 5.67. The number of aryl methyl sites for hydroxylation is 3. The standard InChI is InChI=1S/C22H27N3OS/c1-4-24(5-2)14-19-23-21-20(16-11-7-9-13-18(16)27-21)22(26)25(19)17-12-8-6-10-15(17)3/h6,8,10,12H,4-5,7,9,11,13-14H2,1-3H3. The maximum absolute atomic E-state index is 13.7. The summed E-state index contributed by atoms with van der Waals surface area (Å²) in [5.41, 5.74) is 3.42. The van der Waals surface area contributed by atoms with Crippen LogP contribution in [0, 0.1) is 6.92 Å². The van der Waals surface area contributed by atoms with E-state index in [1.54, 1.807) is 11.3 Å². The van der Waals surface area contributed by atoms with Crippen molar-refractivity contribution < 1.29 is 0 Å². The number of para-hydroxylation sites is 1. The van der Waals surface area contributed by atoms with Crippen molar-refractivity contribution in [3.8, 4) is 5.69 Å². The lowest BCUT2D eigenvalue weighted by molar-refractivity contribution is 0.285. The number of fused-ring (bicyclic) bond motifs is 3. The molecular formula is C22H27N3OS. The minimum atomic E-state index is 0.107. The van der Waals surface area contributed by atoms with Crippen LogP contribution in [0.25, 0.3) is 15.9 Å². The van der Waals surface area contributed by atoms with Crippen molar-refractivity contribution in [1.82, 2.24) is 14.5 Å². The molecule has 0 N–H and O–H groups in total. The summed E-state index contributed by atoms with van der Waals surface area (Å²) in [7, 11) is 0. The van der Waals surface area contributed by atoms with Crippen LogP contribution in [0.5, 0.6) is 0 Å². The summed E-state index contributed by atoms with van der Waals surface area (Å²) in [4.78, 5) is 23.4. The number of thiophene rings is 1. The Kier molecular flexibility index (Phi) is 5.15. The summed E-state index contributed by atoms with van der Waals surface area (Å²) in [5, 5.41) is 0.862. The number of aromatic nitrogens is 2. The van der Waals surface area contributed by atoms with E-state index in [0.717, 1.165) is 53.2 Å². The van der Waals surface area contributed by atoms with Crippen LogP contribution < -0.4 is 5.56 Å². The molecule has 1 aliphatic carbocycles. The van der Waals surface area contributed by atoms with Gasteiger partial charge in [0.2, 0.25) is 0 Å². The van der Waals surface area contributed by atoms with Crippen molar-refractivity contribution in [2.45, 2.75) is 53.0 Å². The Balaban J connectivity index is 2.01. The molecule has 4 nitrogen and oxygen atoms in total. The molecule has 2 heterocycles. The van der Waals surface area contributed by atoms with Gasteiger partial charge in [-0.15, -0.1) is 11.3 Å². The maximum atomic E-state index is 13.7. The third-order valence-corrected chi connectivity index (χ3v) is 6.86. The number of benzene rings is 1. The lowest BCUT2D eigenvalue weighted by Gasteiger charge is -2.21. The summed E-state index contributed by atoms with van der Waals surface area (Å²) >= 11 is 1.74. The molecule has 0 bridgehead atoms. The Morgan fingerprint density at radius 1 is 1.15 bits per heavy atom. The monoisotopic (exact) mass is 381 g/mol. The largest absolute Gasteiger partial charge is 0.297 e. The molecule has 0 aliphatic heterocycles. The summed E-state index contributed by atoms with van der Waals surface area (Å²) in [5.74, 6) is 0.851. The van der Waals surface area contributed by atoms with E-state index in [4.69, 9.17) is 4.98 Å². The molecular weight excluding hydrogens is 354 g/mol. The van der Waals surface area contributed by atoms with Gasteiger partial charge in [-0.25, -0.2) is 4.98 Å². The molecule has 0 fully saturated rings. The summed E-state index contributed by atoms with van der Waals surface area (Å²) < 4.78 is 1.87. The molecule has 0 radical (unpaired) electrons. The Morgan fingerprint density at radius 2 is 1.89 bits per heavy atom. The Morgan fingerprint density at radius 3 is 2.63 bits per heavy atom. The van der Waals surface area contributed by atoms with Crippen LogP contribution in [0.4, 0.5) is 0 Å². The fraction of sp³-hybridized carbons (Fsp3) is 0.455. The fourth-order valence-electron chi connectivity index (χ4n) is 4.06. The van der Waals surface area contributed by atoms with Crippen LogP contribution in [-0.2, 0) is 19.4 Å². The van der Waals surface area contributed by atoms with Gasteiger partial charge in [0.25, 0.3) is 5.56 Å². The zero-order valence-electron chi connectivity index (χ0n) is 16.4.